The molecule has 0 unspecified atom stereocenters. The summed E-state index contributed by atoms with van der Waals surface area (Å²) in [5.41, 5.74) is -7.47. The number of nitrogens with one attached hydrogen (secondary N) is 1. The fraction of sp³-hybridized carbons (Fsp3) is 0.596. The normalized spacial score (nSPS) is 30.1. The number of rotatable bonds is 16. The molecule has 3 aliphatic carbocycles. The maximum absolute atomic E-state index is 15.7. The molecule has 11 atom stereocenters. The van der Waals surface area contributed by atoms with Crippen molar-refractivity contribution in [2.45, 2.75) is 154 Å². The minimum absolute atomic E-state index is 0.0624. The molecule has 1 amide bonds. The van der Waals surface area contributed by atoms with Gasteiger partial charge in [-0.2, -0.15) is 0 Å². The molecule has 2 saturated carbocycles. The number of alkyl carbamates (subject to hydrolysis) is 1. The van der Waals surface area contributed by atoms with Gasteiger partial charge in [0, 0.05) is 45.1 Å². The van der Waals surface area contributed by atoms with Crippen LogP contribution in [0.25, 0.3) is 0 Å². The first-order valence-electron chi connectivity index (χ1n) is 23.5. The quantitative estimate of drug-likeness (QED) is 0.101. The molecule has 2 bridgehead atoms. The van der Waals surface area contributed by atoms with Crippen molar-refractivity contribution < 1.29 is 76.9 Å². The zero-order valence-corrected chi connectivity index (χ0v) is 41.2. The SMILES string of the molecule is CCCC(=O)CCC(=O)O[C@@H](C(=O)O[C@H]1C[C@@]2(O)[C@@H](OC(=O)c3ccccc3)[C@@H]3[C@]4(OC(C)=O)CO[C@@H]4C[C@H](OC)[C@@]3(C)C(=O)[C@H](CO)C(=C1C)C2(C)C)[C@@H](NC(=O)OC(C)(C)C)c1ccccc1. The van der Waals surface area contributed by atoms with Crippen molar-refractivity contribution in [2.24, 2.45) is 22.7 Å². The monoisotopic (exact) mass is 961 g/mol. The van der Waals surface area contributed by atoms with Crippen LogP contribution in [0.1, 0.15) is 123 Å². The molecule has 1 heterocycles. The zero-order chi connectivity index (χ0) is 50.9. The van der Waals surface area contributed by atoms with Gasteiger partial charge in [0.05, 0.1) is 48.6 Å². The Kier molecular flexibility index (Phi) is 15.7. The Balaban J connectivity index is 1.54. The number of aliphatic hydroxyl groups is 2. The summed E-state index contributed by atoms with van der Waals surface area (Å²) in [6.07, 6.45) is -8.25. The number of amides is 1. The van der Waals surface area contributed by atoms with Gasteiger partial charge in [-0.05, 0) is 69.9 Å². The van der Waals surface area contributed by atoms with E-state index in [1.807, 2.05) is 6.92 Å². The summed E-state index contributed by atoms with van der Waals surface area (Å²) in [5.74, 6) is -7.34. The Morgan fingerprint density at radius 2 is 1.57 bits per heavy atom. The molecule has 3 N–H and O–H groups in total. The zero-order valence-electron chi connectivity index (χ0n) is 41.2. The van der Waals surface area contributed by atoms with E-state index < -0.39 is 131 Å². The van der Waals surface area contributed by atoms with Crippen LogP contribution in [0.3, 0.4) is 0 Å². The molecule has 1 aliphatic heterocycles. The van der Waals surface area contributed by atoms with E-state index in [4.69, 9.17) is 33.2 Å². The summed E-state index contributed by atoms with van der Waals surface area (Å²) in [6, 6.07) is 14.7. The highest BCUT2D eigenvalue weighted by molar-refractivity contribution is 5.93. The van der Waals surface area contributed by atoms with Crippen LogP contribution >= 0.6 is 0 Å². The maximum Gasteiger partial charge on any atom is 0.408 e. The van der Waals surface area contributed by atoms with E-state index >= 15 is 9.59 Å². The fourth-order valence-electron chi connectivity index (χ4n) is 11.2. The van der Waals surface area contributed by atoms with Gasteiger partial charge in [0.15, 0.2) is 11.4 Å². The Morgan fingerprint density at radius 1 is 0.928 bits per heavy atom. The van der Waals surface area contributed by atoms with Crippen molar-refractivity contribution in [1.82, 2.24) is 5.32 Å². The van der Waals surface area contributed by atoms with Gasteiger partial charge in [-0.3, -0.25) is 19.2 Å². The highest BCUT2D eigenvalue weighted by atomic mass is 16.6. The summed E-state index contributed by atoms with van der Waals surface area (Å²) < 4.78 is 42.7. The van der Waals surface area contributed by atoms with Crippen molar-refractivity contribution >= 4 is 41.5 Å². The summed E-state index contributed by atoms with van der Waals surface area (Å²) >= 11 is 0. The lowest BCUT2D eigenvalue weighted by molar-refractivity contribution is -0.347. The molecule has 6 rings (SSSR count). The third-order valence-corrected chi connectivity index (χ3v) is 14.5. The Hall–Kier alpha value is -5.49. The summed E-state index contributed by atoms with van der Waals surface area (Å²) in [4.78, 5) is 98.2. The van der Waals surface area contributed by atoms with Crippen LogP contribution in [0.5, 0.6) is 0 Å². The van der Waals surface area contributed by atoms with E-state index in [0.717, 1.165) is 0 Å². The second-order valence-electron chi connectivity index (χ2n) is 20.4. The molecule has 17 nitrogen and oxygen atoms in total. The summed E-state index contributed by atoms with van der Waals surface area (Å²) in [7, 11) is 1.40. The average molecular weight is 962 g/mol. The van der Waals surface area contributed by atoms with Gasteiger partial charge >= 0.3 is 30.0 Å². The lowest BCUT2D eigenvalue weighted by Gasteiger charge is -2.68. The lowest BCUT2D eigenvalue weighted by Crippen LogP contribution is -2.81. The molecule has 0 spiro atoms. The van der Waals surface area contributed by atoms with Gasteiger partial charge in [0.2, 0.25) is 6.10 Å². The van der Waals surface area contributed by atoms with Crippen LogP contribution in [0.4, 0.5) is 4.79 Å². The molecule has 0 aromatic heterocycles. The lowest BCUT2D eigenvalue weighted by atomic mass is 9.43. The van der Waals surface area contributed by atoms with Crippen LogP contribution in [0, 0.1) is 22.7 Å². The number of fused-ring (bicyclic) bond motifs is 5. The number of hydrogen-bond donors (Lipinski definition) is 3. The standard InChI is InChI=1S/C52H67NO16/c1-11-18-33(56)23-24-38(57)66-41(40(31-19-14-12-15-20-31)53-47(61)69-48(4,5)6)46(60)65-35-26-52(62)44(67-45(59)32-21-16-13-17-22-32)42-50(9,43(58)34(27-54)39(29(35)2)49(52,7)8)36(63-10)25-37-51(42,28-64-37)68-30(3)55/h12-17,19-22,34-37,40-42,44,54,62H,11,18,23-28H2,1-10H3,(H,53,61)/t34-,35+,36+,37-,40+,41-,42+,44+,50-,51+,52-/m1/s1. The van der Waals surface area contributed by atoms with E-state index in [2.05, 4.69) is 5.32 Å². The van der Waals surface area contributed by atoms with E-state index in [-0.39, 0.29) is 48.4 Å². The van der Waals surface area contributed by atoms with E-state index in [1.54, 1.807) is 97.0 Å². The van der Waals surface area contributed by atoms with Gasteiger partial charge in [-0.15, -0.1) is 0 Å². The molecule has 376 valence electrons. The van der Waals surface area contributed by atoms with E-state index in [0.29, 0.717) is 12.0 Å². The first kappa shape index (κ1) is 52.9. The minimum Gasteiger partial charge on any atom is -0.455 e. The number of esters is 4. The molecule has 1 saturated heterocycles. The van der Waals surface area contributed by atoms with Crippen molar-refractivity contribution in [3.05, 3.63) is 82.9 Å². The summed E-state index contributed by atoms with van der Waals surface area (Å²) in [6.45, 7) is 13.4. The van der Waals surface area contributed by atoms with Crippen molar-refractivity contribution in [3.8, 4) is 0 Å². The highest BCUT2D eigenvalue weighted by Gasteiger charge is 2.78. The number of hydrogen-bond acceptors (Lipinski definition) is 16. The number of ether oxygens (including phenoxy) is 7. The molecule has 4 aliphatic rings. The van der Waals surface area contributed by atoms with Crippen molar-refractivity contribution in [1.29, 1.82) is 0 Å². The maximum atomic E-state index is 15.7. The van der Waals surface area contributed by atoms with Gasteiger partial charge in [-0.25, -0.2) is 14.4 Å². The topological polar surface area (TPSA) is 237 Å². The number of carbonyl (C=O) groups is 7. The highest BCUT2D eigenvalue weighted by Crippen LogP contribution is 2.65. The fourth-order valence-corrected chi connectivity index (χ4v) is 11.2. The number of aliphatic hydroxyl groups excluding tert-OH is 1. The van der Waals surface area contributed by atoms with Gasteiger partial charge in [0.1, 0.15) is 41.3 Å². The van der Waals surface area contributed by atoms with Gasteiger partial charge < -0.3 is 48.7 Å². The number of methoxy groups -OCH3 is 1. The number of Topliss-reactive ketones (excluding diaryl/α,β-unsaturated/α-hetero) is 2. The largest absolute Gasteiger partial charge is 0.455 e. The van der Waals surface area contributed by atoms with Crippen molar-refractivity contribution in [3.63, 3.8) is 0 Å². The Bertz CT molecular complexity index is 2310. The molecule has 2 aromatic carbocycles. The Labute approximate surface area is 402 Å². The average Bonchev–Trinajstić information content (AvgIpc) is 3.28. The molecule has 2 aromatic rings. The van der Waals surface area contributed by atoms with Gasteiger partial charge in [0.25, 0.3) is 0 Å². The molecular formula is C52H67NO16. The minimum atomic E-state index is -2.33. The van der Waals surface area contributed by atoms with E-state index in [9.17, 15) is 34.2 Å². The summed E-state index contributed by atoms with van der Waals surface area (Å²) in [5, 5.41) is 28.0. The number of carbonyl (C=O) groups excluding carboxylic acids is 7. The van der Waals surface area contributed by atoms with Gasteiger partial charge in [-0.1, -0.05) is 69.3 Å². The van der Waals surface area contributed by atoms with Crippen LogP contribution in [0.2, 0.25) is 0 Å². The third kappa shape index (κ3) is 10.1. The van der Waals surface area contributed by atoms with Crippen LogP contribution in [-0.2, 0) is 57.1 Å². The second kappa shape index (κ2) is 20.5. The predicted molar refractivity (Wildman–Crippen MR) is 246 cm³/mol. The first-order valence-corrected chi connectivity index (χ1v) is 23.5. The van der Waals surface area contributed by atoms with Crippen LogP contribution < -0.4 is 5.32 Å². The second-order valence-corrected chi connectivity index (χ2v) is 20.4. The van der Waals surface area contributed by atoms with Crippen LogP contribution in [0.15, 0.2) is 71.8 Å². The predicted octanol–water partition coefficient (Wildman–Crippen LogP) is 5.86. The first-order chi connectivity index (χ1) is 32.4. The molecule has 0 radical (unpaired) electrons. The number of ketones is 2. The van der Waals surface area contributed by atoms with Crippen LogP contribution in [-0.4, -0.2) is 119 Å². The molecule has 3 fully saturated rings. The number of benzene rings is 2. The van der Waals surface area contributed by atoms with Crippen molar-refractivity contribution in [2.75, 3.05) is 20.3 Å². The molecule has 17 heteroatoms. The van der Waals surface area contributed by atoms with E-state index in [1.165, 1.54) is 26.2 Å². The molecular weight excluding hydrogens is 895 g/mol. The molecule has 69 heavy (non-hydrogen) atoms. The smallest absolute Gasteiger partial charge is 0.408 e. The Morgan fingerprint density at radius 3 is 2.12 bits per heavy atom. The third-order valence-electron chi connectivity index (χ3n) is 14.5.